The molecular formula is C6H6N2O4S2. The molecule has 0 aromatic carbocycles. The van der Waals surface area contributed by atoms with Gasteiger partial charge in [0, 0.05) is 0 Å². The number of nitrogens with zero attached hydrogens (tertiary/aromatic N) is 1. The van der Waals surface area contributed by atoms with Gasteiger partial charge >= 0.3 is 11.9 Å². The summed E-state index contributed by atoms with van der Waals surface area (Å²) in [4.78, 5) is 32.7. The Morgan fingerprint density at radius 2 is 2.29 bits per heavy atom. The minimum Gasteiger partial charge on any atom is -0.462 e. The predicted molar refractivity (Wildman–Crippen MR) is 52.1 cm³/mol. The first-order chi connectivity index (χ1) is 6.56. The van der Waals surface area contributed by atoms with Crippen molar-refractivity contribution in [3.05, 3.63) is 0 Å². The number of esters is 1. The Morgan fingerprint density at radius 1 is 1.64 bits per heavy atom. The van der Waals surface area contributed by atoms with Gasteiger partial charge in [0.25, 0.3) is 5.91 Å². The molecule has 0 bridgehead atoms. The number of rotatable bonds is 1. The summed E-state index contributed by atoms with van der Waals surface area (Å²) in [6.45, 7) is 0. The molecule has 1 aliphatic heterocycles. The number of ether oxygens (including phenoxy) is 1. The summed E-state index contributed by atoms with van der Waals surface area (Å²) in [7, 11) is 1.07. The summed E-state index contributed by atoms with van der Waals surface area (Å²) in [5, 5.41) is 0.860. The number of carbonyl (C=O) groups is 3. The lowest BCUT2D eigenvalue weighted by atomic mass is 10.6. The number of methoxy groups -OCH3 is 1. The van der Waals surface area contributed by atoms with E-state index >= 15 is 0 Å². The van der Waals surface area contributed by atoms with Crippen LogP contribution < -0.4 is 5.43 Å². The second-order valence-electron chi connectivity index (χ2n) is 2.22. The van der Waals surface area contributed by atoms with Crippen molar-refractivity contribution in [3.63, 3.8) is 0 Å². The van der Waals surface area contributed by atoms with Crippen LogP contribution in [0.25, 0.3) is 0 Å². The monoisotopic (exact) mass is 234 g/mol. The first kappa shape index (κ1) is 10.9. The van der Waals surface area contributed by atoms with Gasteiger partial charge in [0.15, 0.2) is 4.32 Å². The molecule has 6 nitrogen and oxygen atoms in total. The molecule has 1 saturated heterocycles. The molecule has 0 unspecified atom stereocenters. The third kappa shape index (κ3) is 2.20. The van der Waals surface area contributed by atoms with Crippen molar-refractivity contribution in [1.82, 2.24) is 10.4 Å². The van der Waals surface area contributed by atoms with E-state index in [0.29, 0.717) is 0 Å². The Kier molecular flexibility index (Phi) is 3.42. The summed E-state index contributed by atoms with van der Waals surface area (Å²) in [5.74, 6) is -2.29. The van der Waals surface area contributed by atoms with Crippen LogP contribution in [-0.2, 0) is 19.1 Å². The van der Waals surface area contributed by atoms with Crippen molar-refractivity contribution in [2.45, 2.75) is 0 Å². The van der Waals surface area contributed by atoms with Gasteiger partial charge in [-0.1, -0.05) is 24.0 Å². The fourth-order valence-corrected chi connectivity index (χ4v) is 1.68. The van der Waals surface area contributed by atoms with Gasteiger partial charge < -0.3 is 4.74 Å². The molecule has 1 heterocycles. The zero-order valence-corrected chi connectivity index (χ0v) is 8.74. The average molecular weight is 234 g/mol. The standard InChI is InChI=1S/C6H6N2O4S2/c1-12-5(11)4(10)7-8-3(9)2-14-6(8)13/h2H2,1H3,(H,7,10). The number of thioether (sulfide) groups is 1. The molecule has 0 saturated carbocycles. The maximum atomic E-state index is 11.1. The molecule has 14 heavy (non-hydrogen) atoms. The first-order valence-electron chi connectivity index (χ1n) is 3.45. The third-order valence-corrected chi connectivity index (χ3v) is 2.69. The van der Waals surface area contributed by atoms with Gasteiger partial charge in [0.2, 0.25) is 0 Å². The molecule has 1 fully saturated rings. The molecule has 1 aliphatic rings. The van der Waals surface area contributed by atoms with E-state index in [-0.39, 0.29) is 16.0 Å². The molecule has 1 N–H and O–H groups in total. The van der Waals surface area contributed by atoms with Crippen LogP contribution >= 0.6 is 24.0 Å². The van der Waals surface area contributed by atoms with E-state index < -0.39 is 11.9 Å². The topological polar surface area (TPSA) is 75.7 Å². The van der Waals surface area contributed by atoms with Crippen LogP contribution in [0.3, 0.4) is 0 Å². The van der Waals surface area contributed by atoms with Crippen LogP contribution in [0.5, 0.6) is 0 Å². The molecule has 0 aromatic rings. The minimum absolute atomic E-state index is 0.167. The fraction of sp³-hybridized carbons (Fsp3) is 0.333. The smallest absolute Gasteiger partial charge is 0.398 e. The highest BCUT2D eigenvalue weighted by Crippen LogP contribution is 2.16. The minimum atomic E-state index is -1.07. The lowest BCUT2D eigenvalue weighted by molar-refractivity contribution is -0.155. The molecule has 1 rings (SSSR count). The molecule has 0 spiro atoms. The van der Waals surface area contributed by atoms with Crippen molar-refractivity contribution < 1.29 is 19.1 Å². The zero-order valence-electron chi connectivity index (χ0n) is 7.10. The van der Waals surface area contributed by atoms with Crippen LogP contribution in [0, 0.1) is 0 Å². The number of hydrogen-bond acceptors (Lipinski definition) is 6. The molecule has 2 amide bonds. The lowest BCUT2D eigenvalue weighted by Gasteiger charge is -2.14. The van der Waals surface area contributed by atoms with Gasteiger partial charge in [-0.3, -0.25) is 9.59 Å². The Bertz CT molecular complexity index is 301. The van der Waals surface area contributed by atoms with Gasteiger partial charge in [-0.25, -0.2) is 15.2 Å². The van der Waals surface area contributed by atoms with Gasteiger partial charge in [-0.15, -0.1) is 0 Å². The molecule has 8 heteroatoms. The van der Waals surface area contributed by atoms with Crippen molar-refractivity contribution in [1.29, 1.82) is 0 Å². The Labute approximate surface area is 88.9 Å². The average Bonchev–Trinajstić information content (AvgIpc) is 2.48. The summed E-state index contributed by atoms with van der Waals surface area (Å²) < 4.78 is 4.37. The maximum Gasteiger partial charge on any atom is 0.398 e. The molecule has 0 atom stereocenters. The number of hydrazine groups is 1. The summed E-state index contributed by atoms with van der Waals surface area (Å²) in [6, 6.07) is 0. The van der Waals surface area contributed by atoms with Crippen LogP contribution in [0.15, 0.2) is 0 Å². The van der Waals surface area contributed by atoms with Gasteiger partial charge in [-0.05, 0) is 0 Å². The van der Waals surface area contributed by atoms with Gasteiger partial charge in [0.1, 0.15) is 0 Å². The molecule has 0 aliphatic carbocycles. The van der Waals surface area contributed by atoms with Gasteiger partial charge in [0.05, 0.1) is 12.9 Å². The second-order valence-corrected chi connectivity index (χ2v) is 3.83. The van der Waals surface area contributed by atoms with E-state index in [1.54, 1.807) is 0 Å². The van der Waals surface area contributed by atoms with E-state index in [1.807, 2.05) is 5.43 Å². The molecular weight excluding hydrogens is 228 g/mol. The lowest BCUT2D eigenvalue weighted by Crippen LogP contribution is -2.48. The van der Waals surface area contributed by atoms with Gasteiger partial charge in [-0.2, -0.15) is 0 Å². The molecule has 76 valence electrons. The zero-order chi connectivity index (χ0) is 10.7. The van der Waals surface area contributed by atoms with E-state index in [1.165, 1.54) is 0 Å². The van der Waals surface area contributed by atoms with Crippen LogP contribution in [0.1, 0.15) is 0 Å². The SMILES string of the molecule is COC(=O)C(=O)NN1C(=O)CSC1=S. The van der Waals surface area contributed by atoms with Crippen LogP contribution in [0.4, 0.5) is 0 Å². The van der Waals surface area contributed by atoms with Crippen molar-refractivity contribution in [3.8, 4) is 0 Å². The Hall–Kier alpha value is -1.15. The highest BCUT2D eigenvalue weighted by molar-refractivity contribution is 8.23. The summed E-state index contributed by atoms with van der Waals surface area (Å²) >= 11 is 5.88. The molecule has 0 radical (unpaired) electrons. The second kappa shape index (κ2) is 4.38. The fourth-order valence-electron chi connectivity index (χ4n) is 0.702. The maximum absolute atomic E-state index is 11.1. The third-order valence-electron chi connectivity index (χ3n) is 1.34. The van der Waals surface area contributed by atoms with Crippen LogP contribution in [-0.4, -0.2) is 40.0 Å². The molecule has 0 aromatic heterocycles. The van der Waals surface area contributed by atoms with Crippen molar-refractivity contribution in [2.24, 2.45) is 0 Å². The van der Waals surface area contributed by atoms with Crippen molar-refractivity contribution >= 4 is 46.1 Å². The van der Waals surface area contributed by atoms with E-state index in [0.717, 1.165) is 23.9 Å². The van der Waals surface area contributed by atoms with E-state index in [2.05, 4.69) is 4.74 Å². The summed E-state index contributed by atoms with van der Waals surface area (Å²) in [5.41, 5.74) is 2.04. The number of amides is 2. The first-order valence-corrected chi connectivity index (χ1v) is 4.84. The largest absolute Gasteiger partial charge is 0.462 e. The Balaban J connectivity index is 2.60. The van der Waals surface area contributed by atoms with Crippen molar-refractivity contribution in [2.75, 3.05) is 12.9 Å². The van der Waals surface area contributed by atoms with E-state index in [9.17, 15) is 14.4 Å². The number of carbonyl (C=O) groups excluding carboxylic acids is 3. The van der Waals surface area contributed by atoms with Crippen LogP contribution in [0.2, 0.25) is 0 Å². The Morgan fingerprint density at radius 3 is 2.71 bits per heavy atom. The number of hydrogen-bond donors (Lipinski definition) is 1. The predicted octanol–water partition coefficient (Wildman–Crippen LogP) is -0.949. The number of thiocarbonyl (C=S) groups is 1. The quantitative estimate of drug-likeness (QED) is 0.358. The van der Waals surface area contributed by atoms with E-state index in [4.69, 9.17) is 12.2 Å². The summed E-state index contributed by atoms with van der Waals surface area (Å²) in [6.07, 6.45) is 0. The highest BCUT2D eigenvalue weighted by atomic mass is 32.2. The highest BCUT2D eigenvalue weighted by Gasteiger charge is 2.30. The normalized spacial score (nSPS) is 15.6. The number of nitrogens with one attached hydrogen (secondary N) is 1.